The van der Waals surface area contributed by atoms with Gasteiger partial charge in [-0.3, -0.25) is 0 Å². The normalized spacial score (nSPS) is 11.9. The molecular weight excluding hydrogens is 303 g/mol. The minimum absolute atomic E-state index is 0.00947. The van der Waals surface area contributed by atoms with Crippen molar-refractivity contribution in [1.29, 1.82) is 0 Å². The molecule has 110 valence electrons. The fourth-order valence-electron chi connectivity index (χ4n) is 1.91. The molecule has 0 bridgehead atoms. The molecule has 0 radical (unpaired) electrons. The zero-order valence-corrected chi connectivity index (χ0v) is 12.8. The van der Waals surface area contributed by atoms with Crippen LogP contribution in [0.4, 0.5) is 4.39 Å². The molecule has 0 amide bonds. The Bertz CT molecular complexity index is 793. The van der Waals surface area contributed by atoms with Gasteiger partial charge in [0.25, 0.3) is 0 Å². The quantitative estimate of drug-likeness (QED) is 0.859. The number of H-pyrrole nitrogens is 1. The second kappa shape index (κ2) is 5.53. The molecule has 5 nitrogen and oxygen atoms in total. The first-order valence-corrected chi connectivity index (χ1v) is 8.27. The van der Waals surface area contributed by atoms with Crippen molar-refractivity contribution >= 4 is 33.1 Å². The van der Waals surface area contributed by atoms with Crippen molar-refractivity contribution in [2.45, 2.75) is 13.5 Å². The Balaban J connectivity index is 2.48. The van der Waals surface area contributed by atoms with Crippen molar-refractivity contribution in [1.82, 2.24) is 9.55 Å². The van der Waals surface area contributed by atoms with Crippen LogP contribution >= 0.6 is 12.2 Å². The van der Waals surface area contributed by atoms with E-state index in [1.165, 1.54) is 19.2 Å². The van der Waals surface area contributed by atoms with E-state index in [-0.39, 0.29) is 23.8 Å². The van der Waals surface area contributed by atoms with Crippen molar-refractivity contribution in [3.8, 4) is 5.75 Å². The molecule has 1 heterocycles. The number of sulfone groups is 1. The molecule has 0 spiro atoms. The maximum Gasteiger partial charge on any atom is 0.178 e. The van der Waals surface area contributed by atoms with Crippen LogP contribution in [0.25, 0.3) is 11.0 Å². The topological polar surface area (TPSA) is 64.1 Å². The Hall–Kier alpha value is -1.41. The highest BCUT2D eigenvalue weighted by atomic mass is 32.2. The average Bonchev–Trinajstić information content (AvgIpc) is 2.70. The molecule has 0 saturated carbocycles. The third-order valence-corrected chi connectivity index (χ3v) is 5.12. The van der Waals surface area contributed by atoms with Crippen LogP contribution in [-0.2, 0) is 16.4 Å². The average molecular weight is 318 g/mol. The Morgan fingerprint density at radius 3 is 2.75 bits per heavy atom. The van der Waals surface area contributed by atoms with Crippen molar-refractivity contribution in [3.05, 3.63) is 22.7 Å². The minimum Gasteiger partial charge on any atom is -0.494 e. The molecule has 0 atom stereocenters. The highest BCUT2D eigenvalue weighted by Crippen LogP contribution is 2.24. The number of aromatic amines is 1. The van der Waals surface area contributed by atoms with Gasteiger partial charge in [0, 0.05) is 24.4 Å². The number of methoxy groups -OCH3 is 1. The Morgan fingerprint density at radius 2 is 2.15 bits per heavy atom. The monoisotopic (exact) mass is 318 g/mol. The summed E-state index contributed by atoms with van der Waals surface area (Å²) in [6.07, 6.45) is 0. The number of aromatic nitrogens is 2. The third-order valence-electron chi connectivity index (χ3n) is 3.11. The van der Waals surface area contributed by atoms with Crippen LogP contribution in [-0.4, -0.2) is 36.6 Å². The van der Waals surface area contributed by atoms with Gasteiger partial charge in [0.05, 0.1) is 23.9 Å². The van der Waals surface area contributed by atoms with Crippen LogP contribution in [0.2, 0.25) is 0 Å². The minimum atomic E-state index is -3.09. The number of nitrogens with one attached hydrogen (secondary N) is 1. The summed E-state index contributed by atoms with van der Waals surface area (Å²) in [7, 11) is -1.72. The van der Waals surface area contributed by atoms with Crippen molar-refractivity contribution in [2.24, 2.45) is 0 Å². The number of hydrogen-bond acceptors (Lipinski definition) is 4. The van der Waals surface area contributed by atoms with Crippen LogP contribution in [0.1, 0.15) is 6.92 Å². The largest absolute Gasteiger partial charge is 0.494 e. The zero-order valence-electron chi connectivity index (χ0n) is 11.1. The van der Waals surface area contributed by atoms with Gasteiger partial charge < -0.3 is 14.3 Å². The van der Waals surface area contributed by atoms with Gasteiger partial charge in [-0.2, -0.15) is 0 Å². The molecule has 8 heteroatoms. The van der Waals surface area contributed by atoms with E-state index in [2.05, 4.69) is 4.98 Å². The Morgan fingerprint density at radius 1 is 1.45 bits per heavy atom. The van der Waals surface area contributed by atoms with E-state index in [1.807, 2.05) is 0 Å². The molecule has 1 N–H and O–H groups in total. The standard InChI is InChI=1S/C12H15FN2O3S2/c1-3-20(16,17)5-4-15-10-7-11(18-2)8(13)6-9(10)14-12(15)19/h6-7H,3-5H2,1-2H3,(H,14,19). The van der Waals surface area contributed by atoms with E-state index in [4.69, 9.17) is 17.0 Å². The lowest BCUT2D eigenvalue weighted by Gasteiger charge is -2.06. The summed E-state index contributed by atoms with van der Waals surface area (Å²) in [5, 5.41) is 0. The fourth-order valence-corrected chi connectivity index (χ4v) is 2.96. The smallest absolute Gasteiger partial charge is 0.178 e. The number of nitrogens with zero attached hydrogens (tertiary/aromatic N) is 1. The molecule has 0 aliphatic carbocycles. The summed E-state index contributed by atoms with van der Waals surface area (Å²) < 4.78 is 43.7. The molecular formula is C12H15FN2O3S2. The molecule has 0 unspecified atom stereocenters. The lowest BCUT2D eigenvalue weighted by Crippen LogP contribution is -2.14. The summed E-state index contributed by atoms with van der Waals surface area (Å²) in [6, 6.07) is 2.80. The van der Waals surface area contributed by atoms with Crippen molar-refractivity contribution in [3.63, 3.8) is 0 Å². The lowest BCUT2D eigenvalue weighted by molar-refractivity contribution is 0.387. The predicted molar refractivity (Wildman–Crippen MR) is 78.0 cm³/mol. The number of fused-ring (bicyclic) bond motifs is 1. The van der Waals surface area contributed by atoms with Crippen LogP contribution in [0, 0.1) is 10.6 Å². The number of halogens is 1. The van der Waals surface area contributed by atoms with Gasteiger partial charge in [0.1, 0.15) is 0 Å². The zero-order chi connectivity index (χ0) is 14.9. The molecule has 0 aliphatic heterocycles. The highest BCUT2D eigenvalue weighted by Gasteiger charge is 2.13. The van der Waals surface area contributed by atoms with Crippen molar-refractivity contribution in [2.75, 3.05) is 18.6 Å². The number of benzene rings is 1. The van der Waals surface area contributed by atoms with E-state index in [0.717, 1.165) is 0 Å². The fraction of sp³-hybridized carbons (Fsp3) is 0.417. The lowest BCUT2D eigenvalue weighted by atomic mass is 10.3. The maximum atomic E-state index is 13.6. The number of aryl methyl sites for hydroxylation is 1. The Kier molecular flexibility index (Phi) is 4.14. The summed E-state index contributed by atoms with van der Waals surface area (Å²) in [5.74, 6) is -0.325. The Labute approximate surface area is 121 Å². The van der Waals surface area contributed by atoms with E-state index in [1.54, 1.807) is 11.5 Å². The van der Waals surface area contributed by atoms with E-state index >= 15 is 0 Å². The van der Waals surface area contributed by atoms with Gasteiger partial charge in [-0.25, -0.2) is 12.8 Å². The number of rotatable bonds is 5. The molecule has 0 saturated heterocycles. The molecule has 2 rings (SSSR count). The summed E-state index contributed by atoms with van der Waals surface area (Å²) in [6.45, 7) is 1.83. The van der Waals surface area contributed by atoms with Gasteiger partial charge in [-0.1, -0.05) is 6.92 Å². The van der Waals surface area contributed by atoms with Crippen LogP contribution in [0.5, 0.6) is 5.75 Å². The highest BCUT2D eigenvalue weighted by molar-refractivity contribution is 7.91. The first-order chi connectivity index (χ1) is 9.38. The van der Waals surface area contributed by atoms with Crippen LogP contribution in [0.15, 0.2) is 12.1 Å². The number of ether oxygens (including phenoxy) is 1. The molecule has 20 heavy (non-hydrogen) atoms. The summed E-state index contributed by atoms with van der Waals surface area (Å²) in [5.41, 5.74) is 1.14. The van der Waals surface area contributed by atoms with Crippen LogP contribution < -0.4 is 4.74 Å². The van der Waals surface area contributed by atoms with Crippen molar-refractivity contribution < 1.29 is 17.5 Å². The van der Waals surface area contributed by atoms with Gasteiger partial charge in [-0.05, 0) is 12.2 Å². The molecule has 2 aromatic rings. The van der Waals surface area contributed by atoms with Gasteiger partial charge >= 0.3 is 0 Å². The van der Waals surface area contributed by atoms with Gasteiger partial charge in [0.15, 0.2) is 26.2 Å². The summed E-state index contributed by atoms with van der Waals surface area (Å²) in [4.78, 5) is 2.86. The first kappa shape index (κ1) is 15.0. The van der Waals surface area contributed by atoms with E-state index < -0.39 is 15.7 Å². The maximum absolute atomic E-state index is 13.6. The number of hydrogen-bond donors (Lipinski definition) is 1. The second-order valence-electron chi connectivity index (χ2n) is 4.32. The summed E-state index contributed by atoms with van der Waals surface area (Å²) >= 11 is 5.15. The molecule has 1 aromatic carbocycles. The molecule has 0 aliphatic rings. The molecule has 1 aromatic heterocycles. The SMILES string of the molecule is CCS(=O)(=O)CCn1c(=S)[nH]c2cc(F)c(OC)cc21. The van der Waals surface area contributed by atoms with E-state index in [9.17, 15) is 12.8 Å². The van der Waals surface area contributed by atoms with E-state index in [0.29, 0.717) is 15.8 Å². The first-order valence-electron chi connectivity index (χ1n) is 6.04. The van der Waals surface area contributed by atoms with Gasteiger partial charge in [0.2, 0.25) is 0 Å². The predicted octanol–water partition coefficient (Wildman–Crippen LogP) is 2.28. The number of imidazole rings is 1. The second-order valence-corrected chi connectivity index (χ2v) is 7.18. The van der Waals surface area contributed by atoms with Crippen LogP contribution in [0.3, 0.4) is 0 Å². The van der Waals surface area contributed by atoms with Gasteiger partial charge in [-0.15, -0.1) is 0 Å². The molecule has 0 fully saturated rings. The third kappa shape index (κ3) is 2.85.